The van der Waals surface area contributed by atoms with Gasteiger partial charge < -0.3 is 14.4 Å². The van der Waals surface area contributed by atoms with Crippen LogP contribution in [0.2, 0.25) is 0 Å². The summed E-state index contributed by atoms with van der Waals surface area (Å²) in [6, 6.07) is 6.27. The molecule has 26 heavy (non-hydrogen) atoms. The van der Waals surface area contributed by atoms with Crippen molar-refractivity contribution in [3.8, 4) is 0 Å². The first kappa shape index (κ1) is 20.8. The second-order valence-corrected chi connectivity index (χ2v) is 8.62. The molecule has 1 heterocycles. The van der Waals surface area contributed by atoms with Gasteiger partial charge in [0.25, 0.3) is 5.91 Å². The zero-order chi connectivity index (χ0) is 19.2. The minimum atomic E-state index is -3.63. The van der Waals surface area contributed by atoms with Crippen LogP contribution < -0.4 is 0 Å². The molecule has 1 aliphatic heterocycles. The van der Waals surface area contributed by atoms with E-state index >= 15 is 0 Å². The number of nitrogens with zero attached hydrogens (tertiary/aromatic N) is 2. The highest BCUT2D eigenvalue weighted by molar-refractivity contribution is 7.89. The lowest BCUT2D eigenvalue weighted by Gasteiger charge is -2.27. The normalized spacial score (nSPS) is 16.0. The molecule has 1 fully saturated rings. The molecular weight excluding hydrogens is 356 g/mol. The number of methoxy groups -OCH3 is 1. The van der Waals surface area contributed by atoms with E-state index in [1.54, 1.807) is 24.1 Å². The minimum Gasteiger partial charge on any atom is -0.383 e. The fourth-order valence-electron chi connectivity index (χ4n) is 2.83. The zero-order valence-electron chi connectivity index (χ0n) is 15.7. The predicted molar refractivity (Wildman–Crippen MR) is 98.6 cm³/mol. The van der Waals surface area contributed by atoms with Crippen molar-refractivity contribution in [1.82, 2.24) is 9.21 Å². The quantitative estimate of drug-likeness (QED) is 0.678. The highest BCUT2D eigenvalue weighted by atomic mass is 32.2. The Kier molecular flexibility index (Phi) is 7.57. The van der Waals surface area contributed by atoms with Crippen molar-refractivity contribution in [3.63, 3.8) is 0 Å². The van der Waals surface area contributed by atoms with Crippen molar-refractivity contribution in [2.24, 2.45) is 5.92 Å². The first-order valence-electron chi connectivity index (χ1n) is 8.82. The second-order valence-electron chi connectivity index (χ2n) is 6.68. The molecule has 1 aliphatic rings. The van der Waals surface area contributed by atoms with E-state index in [2.05, 4.69) is 0 Å². The summed E-state index contributed by atoms with van der Waals surface area (Å²) in [6.07, 6.45) is 0. The third kappa shape index (κ3) is 5.26. The van der Waals surface area contributed by atoms with E-state index in [-0.39, 0.29) is 10.8 Å². The molecule has 1 aromatic carbocycles. The van der Waals surface area contributed by atoms with Gasteiger partial charge in [-0.2, -0.15) is 4.31 Å². The average molecular weight is 384 g/mol. The molecule has 0 aromatic heterocycles. The smallest absolute Gasteiger partial charge is 0.253 e. The third-order valence-corrected chi connectivity index (χ3v) is 6.02. The van der Waals surface area contributed by atoms with Crippen molar-refractivity contribution >= 4 is 15.9 Å². The molecule has 2 rings (SSSR count). The summed E-state index contributed by atoms with van der Waals surface area (Å²) >= 11 is 0. The largest absolute Gasteiger partial charge is 0.383 e. The summed E-state index contributed by atoms with van der Waals surface area (Å²) in [6.45, 7) is 6.98. The van der Waals surface area contributed by atoms with Gasteiger partial charge in [0.15, 0.2) is 0 Å². The van der Waals surface area contributed by atoms with Crippen LogP contribution in [-0.2, 0) is 19.5 Å². The number of hydrogen-bond donors (Lipinski definition) is 0. The van der Waals surface area contributed by atoms with Gasteiger partial charge in [0.1, 0.15) is 0 Å². The van der Waals surface area contributed by atoms with Crippen molar-refractivity contribution in [2.75, 3.05) is 53.1 Å². The van der Waals surface area contributed by atoms with Crippen LogP contribution in [0.5, 0.6) is 0 Å². The van der Waals surface area contributed by atoms with Crippen LogP contribution in [0.3, 0.4) is 0 Å². The van der Waals surface area contributed by atoms with Crippen LogP contribution in [0, 0.1) is 5.92 Å². The van der Waals surface area contributed by atoms with E-state index in [0.29, 0.717) is 57.5 Å². The Morgan fingerprint density at radius 2 is 2.00 bits per heavy atom. The highest BCUT2D eigenvalue weighted by Gasteiger charge is 2.27. The van der Waals surface area contributed by atoms with Gasteiger partial charge in [-0.3, -0.25) is 4.79 Å². The Balaban J connectivity index is 2.24. The SMILES string of the molecule is COCCN(CC(C)C)C(=O)c1cccc(S(=O)(=O)N2CCOCC2)c1. The Hall–Kier alpha value is -1.48. The van der Waals surface area contributed by atoms with Crippen LogP contribution >= 0.6 is 0 Å². The number of sulfonamides is 1. The lowest BCUT2D eigenvalue weighted by molar-refractivity contribution is 0.0671. The van der Waals surface area contributed by atoms with E-state index in [9.17, 15) is 13.2 Å². The molecule has 1 aromatic rings. The number of carbonyl (C=O) groups excluding carboxylic acids is 1. The molecule has 0 N–H and O–H groups in total. The predicted octanol–water partition coefficient (Wildman–Crippen LogP) is 1.45. The summed E-state index contributed by atoms with van der Waals surface area (Å²) in [4.78, 5) is 14.7. The number of carbonyl (C=O) groups is 1. The summed E-state index contributed by atoms with van der Waals surface area (Å²) in [7, 11) is -2.04. The summed E-state index contributed by atoms with van der Waals surface area (Å²) in [5.41, 5.74) is 0.371. The van der Waals surface area contributed by atoms with Gasteiger partial charge >= 0.3 is 0 Å². The molecule has 7 nitrogen and oxygen atoms in total. The van der Waals surface area contributed by atoms with Gasteiger partial charge in [-0.1, -0.05) is 19.9 Å². The second kappa shape index (κ2) is 9.45. The molecule has 1 amide bonds. The van der Waals surface area contributed by atoms with Gasteiger partial charge in [-0.15, -0.1) is 0 Å². The Morgan fingerprint density at radius 3 is 2.62 bits per heavy atom. The summed E-state index contributed by atoms with van der Waals surface area (Å²) in [5, 5.41) is 0. The first-order valence-corrected chi connectivity index (χ1v) is 10.3. The van der Waals surface area contributed by atoms with E-state index in [4.69, 9.17) is 9.47 Å². The first-order chi connectivity index (χ1) is 12.4. The van der Waals surface area contributed by atoms with Crippen molar-refractivity contribution in [3.05, 3.63) is 29.8 Å². The summed E-state index contributed by atoms with van der Waals surface area (Å²) in [5.74, 6) is 0.117. The van der Waals surface area contributed by atoms with Crippen molar-refractivity contribution in [1.29, 1.82) is 0 Å². The number of rotatable bonds is 8. The van der Waals surface area contributed by atoms with Gasteiger partial charge in [0.05, 0.1) is 24.7 Å². The Morgan fingerprint density at radius 1 is 1.31 bits per heavy atom. The van der Waals surface area contributed by atoms with Gasteiger partial charge in [0.2, 0.25) is 10.0 Å². The van der Waals surface area contributed by atoms with Gasteiger partial charge in [0, 0.05) is 38.9 Å². The number of hydrogen-bond acceptors (Lipinski definition) is 5. The molecule has 146 valence electrons. The van der Waals surface area contributed by atoms with E-state index in [1.807, 2.05) is 13.8 Å². The Labute approximate surface area is 155 Å². The van der Waals surface area contributed by atoms with Crippen molar-refractivity contribution < 1.29 is 22.7 Å². The highest BCUT2D eigenvalue weighted by Crippen LogP contribution is 2.19. The molecule has 1 saturated heterocycles. The van der Waals surface area contributed by atoms with Gasteiger partial charge in [-0.05, 0) is 24.1 Å². The number of benzene rings is 1. The van der Waals surface area contributed by atoms with E-state index < -0.39 is 10.0 Å². The summed E-state index contributed by atoms with van der Waals surface area (Å²) < 4.78 is 37.3. The molecule has 0 radical (unpaired) electrons. The van der Waals surface area contributed by atoms with Crippen molar-refractivity contribution in [2.45, 2.75) is 18.7 Å². The third-order valence-electron chi connectivity index (χ3n) is 4.13. The average Bonchev–Trinajstić information content (AvgIpc) is 2.65. The molecular formula is C18H28N2O5S. The topological polar surface area (TPSA) is 76.2 Å². The van der Waals surface area contributed by atoms with E-state index in [1.165, 1.54) is 16.4 Å². The molecule has 0 aliphatic carbocycles. The van der Waals surface area contributed by atoms with Crippen LogP contribution in [-0.4, -0.2) is 76.6 Å². The molecule has 0 unspecified atom stereocenters. The molecule has 8 heteroatoms. The maximum atomic E-state index is 12.9. The molecule has 0 atom stereocenters. The monoisotopic (exact) mass is 384 g/mol. The molecule has 0 spiro atoms. The van der Waals surface area contributed by atoms with Crippen LogP contribution in [0.25, 0.3) is 0 Å². The van der Waals surface area contributed by atoms with Crippen LogP contribution in [0.15, 0.2) is 29.2 Å². The maximum absolute atomic E-state index is 12.9. The lowest BCUT2D eigenvalue weighted by atomic mass is 10.1. The maximum Gasteiger partial charge on any atom is 0.253 e. The fourth-order valence-corrected chi connectivity index (χ4v) is 4.28. The number of ether oxygens (including phenoxy) is 2. The standard InChI is InChI=1S/C18H28N2O5S/c1-15(2)14-19(7-10-24-3)18(21)16-5-4-6-17(13-16)26(22,23)20-8-11-25-12-9-20/h4-6,13,15H,7-12,14H2,1-3H3. The zero-order valence-corrected chi connectivity index (χ0v) is 16.5. The number of morpholine rings is 1. The Bertz CT molecular complexity index is 699. The van der Waals surface area contributed by atoms with E-state index in [0.717, 1.165) is 0 Å². The lowest BCUT2D eigenvalue weighted by Crippen LogP contribution is -2.40. The molecule has 0 bridgehead atoms. The minimum absolute atomic E-state index is 0.140. The van der Waals surface area contributed by atoms with Crippen LogP contribution in [0.1, 0.15) is 24.2 Å². The molecule has 0 saturated carbocycles. The number of amides is 1. The van der Waals surface area contributed by atoms with Gasteiger partial charge in [-0.25, -0.2) is 8.42 Å². The fraction of sp³-hybridized carbons (Fsp3) is 0.611. The van der Waals surface area contributed by atoms with Crippen LogP contribution in [0.4, 0.5) is 0 Å².